The first kappa shape index (κ1) is 24.4. The van der Waals surface area contributed by atoms with Gasteiger partial charge in [-0.25, -0.2) is 8.42 Å². The third-order valence-corrected chi connectivity index (χ3v) is 6.90. The summed E-state index contributed by atoms with van der Waals surface area (Å²) >= 11 is 0. The van der Waals surface area contributed by atoms with Crippen molar-refractivity contribution in [2.24, 2.45) is 4.99 Å². The maximum absolute atomic E-state index is 12.9. The lowest BCUT2D eigenvalue weighted by atomic mass is 10.2. The quantitative estimate of drug-likeness (QED) is 0.314. The average molecular weight is 572 g/mol. The molecular formula is C22H29IN4O4S. The fraction of sp³-hybridized carbons (Fsp3) is 0.409. The molecule has 0 unspecified atom stereocenters. The number of para-hydroxylation sites is 1. The van der Waals surface area contributed by atoms with Crippen LogP contribution in [-0.2, 0) is 16.4 Å². The summed E-state index contributed by atoms with van der Waals surface area (Å²) in [5, 5.41) is 6.37. The lowest BCUT2D eigenvalue weighted by Crippen LogP contribution is -2.34. The van der Waals surface area contributed by atoms with Gasteiger partial charge in [0.1, 0.15) is 0 Å². The van der Waals surface area contributed by atoms with Crippen LogP contribution >= 0.6 is 24.0 Å². The first-order chi connectivity index (χ1) is 15.1. The number of halogens is 1. The zero-order chi connectivity index (χ0) is 21.7. The number of ether oxygens (including phenoxy) is 2. The second-order valence-electron chi connectivity index (χ2n) is 7.36. The van der Waals surface area contributed by atoms with Gasteiger partial charge < -0.3 is 20.1 Å². The molecule has 10 heteroatoms. The van der Waals surface area contributed by atoms with Gasteiger partial charge >= 0.3 is 0 Å². The zero-order valence-electron chi connectivity index (χ0n) is 18.0. The number of benzene rings is 2. The van der Waals surface area contributed by atoms with Crippen molar-refractivity contribution in [3.63, 3.8) is 0 Å². The molecule has 0 amide bonds. The van der Waals surface area contributed by atoms with Crippen LogP contribution in [-0.4, -0.2) is 53.0 Å². The second kappa shape index (κ2) is 11.1. The Morgan fingerprint density at radius 3 is 2.72 bits per heavy atom. The van der Waals surface area contributed by atoms with Gasteiger partial charge in [0.25, 0.3) is 0 Å². The maximum atomic E-state index is 12.9. The van der Waals surface area contributed by atoms with Gasteiger partial charge in [0.2, 0.25) is 10.0 Å². The molecule has 0 atom stereocenters. The predicted octanol–water partition coefficient (Wildman–Crippen LogP) is 3.24. The van der Waals surface area contributed by atoms with Crippen LogP contribution in [0.25, 0.3) is 0 Å². The number of sulfonamides is 1. The number of nitrogens with zero attached hydrogens (tertiary/aromatic N) is 2. The Labute approximate surface area is 206 Å². The monoisotopic (exact) mass is 572 g/mol. The molecule has 0 radical (unpaired) electrons. The minimum atomic E-state index is -3.44. The van der Waals surface area contributed by atoms with Gasteiger partial charge in [0.05, 0.1) is 31.2 Å². The van der Waals surface area contributed by atoms with Crippen LogP contribution in [0.2, 0.25) is 0 Å². The van der Waals surface area contributed by atoms with Crippen molar-refractivity contribution in [3.8, 4) is 11.5 Å². The van der Waals surface area contributed by atoms with E-state index in [9.17, 15) is 8.42 Å². The Bertz CT molecular complexity index is 1060. The molecule has 2 N–H and O–H groups in total. The Morgan fingerprint density at radius 2 is 1.91 bits per heavy atom. The summed E-state index contributed by atoms with van der Waals surface area (Å²) in [4.78, 5) is 4.47. The summed E-state index contributed by atoms with van der Waals surface area (Å²) in [6.07, 6.45) is 1.59. The van der Waals surface area contributed by atoms with Crippen LogP contribution in [0, 0.1) is 0 Å². The smallest absolute Gasteiger partial charge is 0.237 e. The van der Waals surface area contributed by atoms with Crippen molar-refractivity contribution >= 4 is 51.3 Å². The summed E-state index contributed by atoms with van der Waals surface area (Å²) in [5.74, 6) is 1.88. The van der Waals surface area contributed by atoms with Gasteiger partial charge in [0.15, 0.2) is 17.5 Å². The summed E-state index contributed by atoms with van der Waals surface area (Å²) in [7, 11) is -3.44. The molecule has 0 saturated carbocycles. The van der Waals surface area contributed by atoms with E-state index in [-0.39, 0.29) is 36.3 Å². The molecule has 174 valence electrons. The topological polar surface area (TPSA) is 92.3 Å². The molecule has 2 aliphatic heterocycles. The minimum Gasteiger partial charge on any atom is -0.490 e. The van der Waals surface area contributed by atoms with E-state index in [0.29, 0.717) is 38.0 Å². The molecule has 2 aromatic carbocycles. The molecule has 0 aliphatic carbocycles. The van der Waals surface area contributed by atoms with Crippen LogP contribution < -0.4 is 24.4 Å². The highest BCUT2D eigenvalue weighted by Gasteiger charge is 2.28. The van der Waals surface area contributed by atoms with E-state index >= 15 is 0 Å². The number of anilines is 2. The van der Waals surface area contributed by atoms with Gasteiger partial charge in [0, 0.05) is 31.3 Å². The van der Waals surface area contributed by atoms with Gasteiger partial charge in [-0.2, -0.15) is 0 Å². The van der Waals surface area contributed by atoms with Crippen LogP contribution in [0.15, 0.2) is 47.5 Å². The van der Waals surface area contributed by atoms with Gasteiger partial charge in [-0.3, -0.25) is 9.30 Å². The van der Waals surface area contributed by atoms with E-state index in [1.165, 1.54) is 4.31 Å². The van der Waals surface area contributed by atoms with E-state index < -0.39 is 10.0 Å². The minimum absolute atomic E-state index is 0. The molecule has 0 bridgehead atoms. The van der Waals surface area contributed by atoms with Crippen LogP contribution in [0.4, 0.5) is 11.4 Å². The molecule has 0 saturated heterocycles. The molecule has 2 aliphatic rings. The van der Waals surface area contributed by atoms with E-state index in [1.54, 1.807) is 0 Å². The Kier molecular flexibility index (Phi) is 8.46. The number of nitrogens with one attached hydrogen (secondary N) is 2. The molecule has 8 nitrogen and oxygen atoms in total. The summed E-state index contributed by atoms with van der Waals surface area (Å²) in [6, 6.07) is 13.3. The lowest BCUT2D eigenvalue weighted by Gasteiger charge is -2.19. The highest BCUT2D eigenvalue weighted by Crippen LogP contribution is 2.32. The molecule has 2 aromatic rings. The van der Waals surface area contributed by atoms with Crippen molar-refractivity contribution in [3.05, 3.63) is 48.0 Å². The lowest BCUT2D eigenvalue weighted by molar-refractivity contribution is 0.297. The zero-order valence-corrected chi connectivity index (χ0v) is 21.2. The fourth-order valence-electron chi connectivity index (χ4n) is 3.66. The standard InChI is InChI=1S/C22H28N4O4S.HI/c1-2-23-22(25-18-8-9-20-21(16-18)30-14-5-13-29-20)24-11-15-31(27,28)26-12-10-17-6-3-4-7-19(17)26;/h3-4,6-9,16H,2,5,10-15H2,1H3,(H2,23,24,25);1H. The molecule has 0 fully saturated rings. The highest BCUT2D eigenvalue weighted by atomic mass is 127. The fourth-order valence-corrected chi connectivity index (χ4v) is 5.05. The van der Waals surface area contributed by atoms with Gasteiger partial charge in [-0.05, 0) is 37.1 Å². The van der Waals surface area contributed by atoms with E-state index in [0.717, 1.165) is 35.5 Å². The highest BCUT2D eigenvalue weighted by molar-refractivity contribution is 14.0. The normalized spacial score (nSPS) is 15.4. The molecular weight excluding hydrogens is 543 g/mol. The van der Waals surface area contributed by atoms with Crippen molar-refractivity contribution < 1.29 is 17.9 Å². The van der Waals surface area contributed by atoms with Crippen LogP contribution in [0.1, 0.15) is 18.9 Å². The SMILES string of the molecule is CCNC(=NCCS(=O)(=O)N1CCc2ccccc21)Nc1ccc2c(c1)OCCCO2.I. The molecule has 0 aromatic heterocycles. The number of rotatable bonds is 6. The number of fused-ring (bicyclic) bond motifs is 2. The van der Waals surface area contributed by atoms with Crippen molar-refractivity contribution in [2.75, 3.05) is 48.2 Å². The summed E-state index contributed by atoms with van der Waals surface area (Å²) in [6.45, 7) is 4.51. The van der Waals surface area contributed by atoms with Crippen molar-refractivity contribution in [1.82, 2.24) is 5.32 Å². The number of guanidine groups is 1. The Morgan fingerprint density at radius 1 is 1.12 bits per heavy atom. The number of hydrogen-bond donors (Lipinski definition) is 2. The van der Waals surface area contributed by atoms with Gasteiger partial charge in [-0.1, -0.05) is 18.2 Å². The first-order valence-electron chi connectivity index (χ1n) is 10.6. The van der Waals surface area contributed by atoms with Crippen LogP contribution in [0.5, 0.6) is 11.5 Å². The van der Waals surface area contributed by atoms with Crippen LogP contribution in [0.3, 0.4) is 0 Å². The van der Waals surface area contributed by atoms with E-state index in [2.05, 4.69) is 15.6 Å². The number of aliphatic imine (C=N–C) groups is 1. The van der Waals surface area contributed by atoms with E-state index in [4.69, 9.17) is 9.47 Å². The maximum Gasteiger partial charge on any atom is 0.237 e. The second-order valence-corrected chi connectivity index (χ2v) is 9.38. The molecule has 32 heavy (non-hydrogen) atoms. The van der Waals surface area contributed by atoms with Crippen molar-refractivity contribution in [2.45, 2.75) is 19.8 Å². The number of hydrogen-bond acceptors (Lipinski definition) is 5. The third-order valence-electron chi connectivity index (χ3n) is 5.15. The average Bonchev–Trinajstić information content (AvgIpc) is 3.06. The molecule has 4 rings (SSSR count). The molecule has 2 heterocycles. The van der Waals surface area contributed by atoms with E-state index in [1.807, 2.05) is 49.4 Å². The van der Waals surface area contributed by atoms with Gasteiger partial charge in [-0.15, -0.1) is 24.0 Å². The summed E-state index contributed by atoms with van der Waals surface area (Å²) in [5.41, 5.74) is 2.64. The van der Waals surface area contributed by atoms with Crippen molar-refractivity contribution in [1.29, 1.82) is 0 Å². The first-order valence-corrected chi connectivity index (χ1v) is 12.2. The largest absolute Gasteiger partial charge is 0.490 e. The molecule has 0 spiro atoms. The third kappa shape index (κ3) is 5.77. The predicted molar refractivity (Wildman–Crippen MR) is 138 cm³/mol. The Balaban J connectivity index is 0.00000289. The summed E-state index contributed by atoms with van der Waals surface area (Å²) < 4.78 is 38.6. The Hall–Kier alpha value is -2.21.